The van der Waals surface area contributed by atoms with E-state index in [1.807, 2.05) is 18.2 Å². The molecule has 0 bridgehead atoms. The highest BCUT2D eigenvalue weighted by molar-refractivity contribution is 7.16. The summed E-state index contributed by atoms with van der Waals surface area (Å²) in [4.78, 5) is 13.7. The summed E-state index contributed by atoms with van der Waals surface area (Å²) >= 11 is 0.903. The molecular weight excluding hydrogens is 216 g/mol. The van der Waals surface area contributed by atoms with Gasteiger partial charge in [-0.25, -0.2) is 4.98 Å². The summed E-state index contributed by atoms with van der Waals surface area (Å²) in [5.74, 6) is 0.613. The van der Waals surface area contributed by atoms with E-state index in [1.54, 1.807) is 12.1 Å². The standard InChI is InChI=1S/C9H6N2O3S/c12-11(13)8-6-10-9(15-8)14-7-4-2-1-3-5-7/h1-6H. The van der Waals surface area contributed by atoms with Gasteiger partial charge in [-0.1, -0.05) is 18.2 Å². The smallest absolute Gasteiger partial charge is 0.347 e. The predicted octanol–water partition coefficient (Wildman–Crippen LogP) is 2.84. The molecule has 6 heteroatoms. The topological polar surface area (TPSA) is 65.3 Å². The van der Waals surface area contributed by atoms with Gasteiger partial charge in [0.1, 0.15) is 11.9 Å². The number of thiazole rings is 1. The molecule has 1 heterocycles. The fourth-order valence-corrected chi connectivity index (χ4v) is 1.57. The first-order valence-electron chi connectivity index (χ1n) is 4.09. The number of benzene rings is 1. The second kappa shape index (κ2) is 4.05. The lowest BCUT2D eigenvalue weighted by molar-refractivity contribution is -0.380. The average molecular weight is 222 g/mol. The van der Waals surface area contributed by atoms with Gasteiger partial charge >= 0.3 is 5.00 Å². The van der Waals surface area contributed by atoms with Crippen LogP contribution in [-0.2, 0) is 0 Å². The van der Waals surface area contributed by atoms with Crippen molar-refractivity contribution in [3.8, 4) is 10.9 Å². The Morgan fingerprint density at radius 1 is 1.33 bits per heavy atom. The Labute approximate surface area is 89.1 Å². The van der Waals surface area contributed by atoms with Crippen LogP contribution in [0.3, 0.4) is 0 Å². The van der Waals surface area contributed by atoms with E-state index < -0.39 is 4.92 Å². The highest BCUT2D eigenvalue weighted by Crippen LogP contribution is 2.30. The molecule has 1 aromatic carbocycles. The molecule has 0 aliphatic heterocycles. The van der Waals surface area contributed by atoms with Crippen molar-refractivity contribution in [2.45, 2.75) is 0 Å². The number of para-hydroxylation sites is 1. The van der Waals surface area contributed by atoms with E-state index in [0.717, 1.165) is 11.3 Å². The van der Waals surface area contributed by atoms with Crippen LogP contribution in [0.15, 0.2) is 36.5 Å². The molecular formula is C9H6N2O3S. The zero-order chi connectivity index (χ0) is 10.7. The second-order valence-electron chi connectivity index (χ2n) is 2.64. The van der Waals surface area contributed by atoms with Crippen LogP contribution in [-0.4, -0.2) is 9.91 Å². The van der Waals surface area contributed by atoms with Crippen molar-refractivity contribution in [2.24, 2.45) is 0 Å². The van der Waals surface area contributed by atoms with Crippen LogP contribution in [0.4, 0.5) is 5.00 Å². The summed E-state index contributed by atoms with van der Waals surface area (Å²) in [6, 6.07) is 9.01. The Hall–Kier alpha value is -1.95. The molecule has 2 aromatic rings. The highest BCUT2D eigenvalue weighted by Gasteiger charge is 2.12. The summed E-state index contributed by atoms with van der Waals surface area (Å²) in [5.41, 5.74) is 0. The molecule has 1 aromatic heterocycles. The lowest BCUT2D eigenvalue weighted by Gasteiger charge is -1.98. The van der Waals surface area contributed by atoms with Gasteiger partial charge in [-0.3, -0.25) is 10.1 Å². The number of rotatable bonds is 3. The van der Waals surface area contributed by atoms with Gasteiger partial charge in [-0.15, -0.1) is 0 Å². The minimum atomic E-state index is -0.491. The van der Waals surface area contributed by atoms with Gasteiger partial charge < -0.3 is 4.74 Å². The van der Waals surface area contributed by atoms with E-state index in [2.05, 4.69) is 4.98 Å². The Kier molecular flexibility index (Phi) is 2.59. The molecule has 5 nitrogen and oxygen atoms in total. The zero-order valence-corrected chi connectivity index (χ0v) is 8.31. The molecule has 0 aliphatic rings. The largest absolute Gasteiger partial charge is 0.431 e. The van der Waals surface area contributed by atoms with E-state index in [-0.39, 0.29) is 10.2 Å². The molecule has 0 saturated carbocycles. The number of hydrogen-bond donors (Lipinski definition) is 0. The molecule has 2 rings (SSSR count). The SMILES string of the molecule is O=[N+]([O-])c1cnc(Oc2ccccc2)s1. The van der Waals surface area contributed by atoms with Crippen molar-refractivity contribution in [3.05, 3.63) is 46.6 Å². The normalized spacial score (nSPS) is 9.87. The van der Waals surface area contributed by atoms with E-state index >= 15 is 0 Å². The molecule has 0 atom stereocenters. The van der Waals surface area contributed by atoms with E-state index in [9.17, 15) is 10.1 Å². The summed E-state index contributed by atoms with van der Waals surface area (Å²) in [6.07, 6.45) is 1.18. The van der Waals surface area contributed by atoms with Crippen molar-refractivity contribution in [3.63, 3.8) is 0 Å². The third-order valence-corrected chi connectivity index (χ3v) is 2.43. The van der Waals surface area contributed by atoms with Crippen molar-refractivity contribution in [1.82, 2.24) is 4.98 Å². The van der Waals surface area contributed by atoms with Gasteiger partial charge in [-0.2, -0.15) is 0 Å². The quantitative estimate of drug-likeness (QED) is 0.591. The zero-order valence-electron chi connectivity index (χ0n) is 7.49. The van der Waals surface area contributed by atoms with E-state index in [0.29, 0.717) is 5.75 Å². The molecule has 0 aliphatic carbocycles. The first kappa shape index (κ1) is 9.60. The number of nitro groups is 1. The van der Waals surface area contributed by atoms with Gasteiger partial charge in [0.2, 0.25) is 0 Å². The van der Waals surface area contributed by atoms with E-state index in [4.69, 9.17) is 4.74 Å². The molecule has 76 valence electrons. The van der Waals surface area contributed by atoms with Gasteiger partial charge in [0, 0.05) is 0 Å². The van der Waals surface area contributed by atoms with E-state index in [1.165, 1.54) is 6.20 Å². The first-order valence-corrected chi connectivity index (χ1v) is 4.90. The summed E-state index contributed by atoms with van der Waals surface area (Å²) in [6.45, 7) is 0. The Bertz CT molecular complexity index is 469. The maximum atomic E-state index is 10.4. The fraction of sp³-hybridized carbons (Fsp3) is 0. The molecule has 0 radical (unpaired) electrons. The van der Waals surface area contributed by atoms with Crippen molar-refractivity contribution >= 4 is 16.3 Å². The fourth-order valence-electron chi connectivity index (χ4n) is 0.971. The van der Waals surface area contributed by atoms with Crippen LogP contribution in [0, 0.1) is 10.1 Å². The third kappa shape index (κ3) is 2.29. The highest BCUT2D eigenvalue weighted by atomic mass is 32.1. The molecule has 0 amide bonds. The first-order chi connectivity index (χ1) is 7.25. The second-order valence-corrected chi connectivity index (χ2v) is 3.61. The lowest BCUT2D eigenvalue weighted by Crippen LogP contribution is -1.81. The van der Waals surface area contributed by atoms with Crippen LogP contribution in [0.25, 0.3) is 0 Å². The summed E-state index contributed by atoms with van der Waals surface area (Å²) in [7, 11) is 0. The molecule has 0 N–H and O–H groups in total. The van der Waals surface area contributed by atoms with Gasteiger partial charge in [-0.05, 0) is 23.5 Å². The summed E-state index contributed by atoms with van der Waals surface area (Å²) in [5, 5.41) is 10.6. The van der Waals surface area contributed by atoms with Crippen LogP contribution in [0.5, 0.6) is 10.9 Å². The minimum absolute atomic E-state index is 0.0269. The van der Waals surface area contributed by atoms with Crippen LogP contribution < -0.4 is 4.74 Å². The van der Waals surface area contributed by atoms with Gasteiger partial charge in [0.25, 0.3) is 5.19 Å². The maximum absolute atomic E-state index is 10.4. The Morgan fingerprint density at radius 2 is 2.07 bits per heavy atom. The van der Waals surface area contributed by atoms with Crippen molar-refractivity contribution in [2.75, 3.05) is 0 Å². The number of ether oxygens (including phenoxy) is 1. The van der Waals surface area contributed by atoms with Crippen molar-refractivity contribution in [1.29, 1.82) is 0 Å². The van der Waals surface area contributed by atoms with Crippen LogP contribution in [0.1, 0.15) is 0 Å². The number of nitrogens with zero attached hydrogens (tertiary/aromatic N) is 2. The molecule has 0 spiro atoms. The van der Waals surface area contributed by atoms with Gasteiger partial charge in [0.15, 0.2) is 0 Å². The summed E-state index contributed by atoms with van der Waals surface area (Å²) < 4.78 is 5.31. The maximum Gasteiger partial charge on any atom is 0.347 e. The van der Waals surface area contributed by atoms with Crippen LogP contribution >= 0.6 is 11.3 Å². The Balaban J connectivity index is 2.15. The molecule has 0 fully saturated rings. The van der Waals surface area contributed by atoms with Crippen molar-refractivity contribution < 1.29 is 9.66 Å². The molecule has 0 unspecified atom stereocenters. The lowest BCUT2D eigenvalue weighted by atomic mass is 10.3. The molecule has 0 saturated heterocycles. The average Bonchev–Trinajstić information content (AvgIpc) is 2.68. The predicted molar refractivity (Wildman–Crippen MR) is 55.3 cm³/mol. The van der Waals surface area contributed by atoms with Crippen LogP contribution in [0.2, 0.25) is 0 Å². The minimum Gasteiger partial charge on any atom is -0.431 e. The third-order valence-electron chi connectivity index (χ3n) is 1.60. The number of hydrogen-bond acceptors (Lipinski definition) is 5. The monoisotopic (exact) mass is 222 g/mol. The molecule has 15 heavy (non-hydrogen) atoms. The number of aromatic nitrogens is 1. The Morgan fingerprint density at radius 3 is 2.67 bits per heavy atom. The van der Waals surface area contributed by atoms with Gasteiger partial charge in [0.05, 0.1) is 4.92 Å².